The number of fused-ring (bicyclic) bond motifs is 4. The first-order chi connectivity index (χ1) is 20.5. The van der Waals surface area contributed by atoms with Gasteiger partial charge in [-0.05, 0) is 92.1 Å². The fourth-order valence-electron chi connectivity index (χ4n) is 7.56. The van der Waals surface area contributed by atoms with Crippen molar-refractivity contribution < 1.29 is 0 Å². The molecular formula is C39H39BN2. The zero-order chi connectivity index (χ0) is 29.0. The van der Waals surface area contributed by atoms with Crippen LogP contribution in [0.2, 0.25) is 0 Å². The van der Waals surface area contributed by atoms with Crippen LogP contribution in [0, 0.1) is 20.8 Å². The highest BCUT2D eigenvalue weighted by Crippen LogP contribution is 2.54. The first-order valence-corrected chi connectivity index (χ1v) is 15.6. The quantitative estimate of drug-likeness (QED) is 0.193. The molecule has 0 radical (unpaired) electrons. The first-order valence-electron chi connectivity index (χ1n) is 15.6. The Balaban J connectivity index is 1.55. The summed E-state index contributed by atoms with van der Waals surface area (Å²) in [7, 11) is 0. The van der Waals surface area contributed by atoms with Gasteiger partial charge in [0, 0.05) is 11.4 Å². The van der Waals surface area contributed by atoms with Gasteiger partial charge in [0.25, 0.3) is 0 Å². The molecule has 0 aliphatic carbocycles. The highest BCUT2D eigenvalue weighted by molar-refractivity contribution is 6.98. The minimum absolute atomic E-state index is 0.168. The lowest BCUT2D eigenvalue weighted by molar-refractivity contribution is 0.921. The molecule has 0 fully saturated rings. The van der Waals surface area contributed by atoms with Gasteiger partial charge in [0.05, 0.1) is 22.7 Å². The largest absolute Gasteiger partial charge is 0.307 e. The summed E-state index contributed by atoms with van der Waals surface area (Å²) in [5.74, 6) is 0. The van der Waals surface area contributed by atoms with Crippen LogP contribution in [0.4, 0.5) is 34.1 Å². The van der Waals surface area contributed by atoms with E-state index in [1.807, 2.05) is 0 Å². The van der Waals surface area contributed by atoms with E-state index in [-0.39, 0.29) is 6.71 Å². The van der Waals surface area contributed by atoms with Crippen LogP contribution in [-0.2, 0) is 12.8 Å². The number of hydrogen-bond acceptors (Lipinski definition) is 2. The third kappa shape index (κ3) is 4.17. The van der Waals surface area contributed by atoms with E-state index >= 15 is 0 Å². The average molecular weight is 547 g/mol. The minimum atomic E-state index is 0.168. The van der Waals surface area contributed by atoms with Gasteiger partial charge in [0.2, 0.25) is 6.71 Å². The number of para-hydroxylation sites is 3. The second-order valence-corrected chi connectivity index (χ2v) is 12.2. The summed E-state index contributed by atoms with van der Waals surface area (Å²) in [6, 6.07) is 37.0. The number of nitrogens with zero attached hydrogens (tertiary/aromatic N) is 2. The SMILES string of the molecule is CCCc1cccc(N2c3ccccc3N3c4cc(CCC)ccc4B(c4c(C)cc(C)cc4C)c4cccc2c43)c1. The van der Waals surface area contributed by atoms with Gasteiger partial charge in [-0.25, -0.2) is 0 Å². The second kappa shape index (κ2) is 10.5. The van der Waals surface area contributed by atoms with E-state index in [9.17, 15) is 0 Å². The molecule has 0 N–H and O–H groups in total. The molecule has 2 aliphatic rings. The van der Waals surface area contributed by atoms with Crippen LogP contribution in [0.3, 0.4) is 0 Å². The fraction of sp³-hybridized carbons (Fsp3) is 0.231. The Hall–Kier alpha value is -4.24. The van der Waals surface area contributed by atoms with Crippen LogP contribution in [0.1, 0.15) is 54.5 Å². The maximum absolute atomic E-state index is 2.57. The van der Waals surface area contributed by atoms with Crippen molar-refractivity contribution in [1.82, 2.24) is 0 Å². The molecule has 0 spiro atoms. The standard InChI is InChI=1S/C39H39BN2/c1-6-12-29-14-10-15-31(24-29)41-34-17-8-9-18-35(34)42-37-25-30(13-7-2)20-21-32(37)40(33-16-11-19-36(41)39(33)42)38-27(4)22-26(3)23-28(38)5/h8-11,14-25H,6-7,12-13H2,1-5H3. The van der Waals surface area contributed by atoms with Crippen molar-refractivity contribution in [2.75, 3.05) is 9.80 Å². The Kier molecular flexibility index (Phi) is 6.69. The number of hydrogen-bond donors (Lipinski definition) is 0. The Bertz CT molecular complexity index is 1800. The van der Waals surface area contributed by atoms with E-state index in [1.165, 1.54) is 78.3 Å². The molecule has 42 heavy (non-hydrogen) atoms. The molecule has 3 heteroatoms. The van der Waals surface area contributed by atoms with E-state index < -0.39 is 0 Å². The van der Waals surface area contributed by atoms with Gasteiger partial charge in [-0.2, -0.15) is 0 Å². The number of anilines is 6. The zero-order valence-corrected chi connectivity index (χ0v) is 25.5. The summed E-state index contributed by atoms with van der Waals surface area (Å²) in [6.07, 6.45) is 4.45. The minimum Gasteiger partial charge on any atom is -0.307 e. The summed E-state index contributed by atoms with van der Waals surface area (Å²) in [6.45, 7) is 11.5. The molecule has 2 heterocycles. The summed E-state index contributed by atoms with van der Waals surface area (Å²) in [5.41, 5.74) is 18.6. The summed E-state index contributed by atoms with van der Waals surface area (Å²) < 4.78 is 0. The number of aryl methyl sites for hydroxylation is 5. The van der Waals surface area contributed by atoms with Gasteiger partial charge in [-0.3, -0.25) is 0 Å². The van der Waals surface area contributed by atoms with Crippen molar-refractivity contribution in [2.24, 2.45) is 0 Å². The molecule has 5 aromatic carbocycles. The Morgan fingerprint density at radius 3 is 1.90 bits per heavy atom. The van der Waals surface area contributed by atoms with Gasteiger partial charge in [-0.15, -0.1) is 0 Å². The third-order valence-corrected chi connectivity index (χ3v) is 9.10. The van der Waals surface area contributed by atoms with E-state index in [4.69, 9.17) is 0 Å². The van der Waals surface area contributed by atoms with Crippen molar-refractivity contribution in [1.29, 1.82) is 0 Å². The molecular weight excluding hydrogens is 507 g/mol. The molecule has 0 aromatic heterocycles. The van der Waals surface area contributed by atoms with Crippen LogP contribution in [0.25, 0.3) is 0 Å². The van der Waals surface area contributed by atoms with Gasteiger partial charge < -0.3 is 9.80 Å². The molecule has 0 atom stereocenters. The molecule has 2 nitrogen and oxygen atoms in total. The number of benzene rings is 5. The Morgan fingerprint density at radius 2 is 1.19 bits per heavy atom. The zero-order valence-electron chi connectivity index (χ0n) is 25.5. The summed E-state index contributed by atoms with van der Waals surface area (Å²) >= 11 is 0. The lowest BCUT2D eigenvalue weighted by Crippen LogP contribution is -2.59. The van der Waals surface area contributed by atoms with Crippen LogP contribution < -0.4 is 26.2 Å². The lowest BCUT2D eigenvalue weighted by atomic mass is 9.33. The normalized spacial score (nSPS) is 13.1. The molecule has 2 aliphatic heterocycles. The maximum Gasteiger partial charge on any atom is 0.247 e. The van der Waals surface area contributed by atoms with Crippen LogP contribution in [0.5, 0.6) is 0 Å². The molecule has 0 amide bonds. The Morgan fingerprint density at radius 1 is 0.548 bits per heavy atom. The molecule has 7 rings (SSSR count). The number of rotatable bonds is 6. The third-order valence-electron chi connectivity index (χ3n) is 9.10. The highest BCUT2D eigenvalue weighted by Gasteiger charge is 2.42. The van der Waals surface area contributed by atoms with Gasteiger partial charge >= 0.3 is 0 Å². The van der Waals surface area contributed by atoms with Gasteiger partial charge in [-0.1, -0.05) is 110 Å². The van der Waals surface area contributed by atoms with Crippen molar-refractivity contribution in [2.45, 2.75) is 60.3 Å². The Labute approximate surface area is 251 Å². The first kappa shape index (κ1) is 26.7. The van der Waals surface area contributed by atoms with E-state index in [2.05, 4.69) is 141 Å². The van der Waals surface area contributed by atoms with Crippen LogP contribution in [-0.4, -0.2) is 6.71 Å². The maximum atomic E-state index is 2.57. The van der Waals surface area contributed by atoms with E-state index in [0.29, 0.717) is 0 Å². The fourth-order valence-corrected chi connectivity index (χ4v) is 7.56. The predicted octanol–water partition coefficient (Wildman–Crippen LogP) is 8.60. The smallest absolute Gasteiger partial charge is 0.247 e. The molecule has 0 unspecified atom stereocenters. The summed E-state index contributed by atoms with van der Waals surface area (Å²) in [5, 5.41) is 0. The molecule has 5 aromatic rings. The highest BCUT2D eigenvalue weighted by atomic mass is 15.3. The van der Waals surface area contributed by atoms with Crippen molar-refractivity contribution in [3.63, 3.8) is 0 Å². The molecule has 0 bridgehead atoms. The molecule has 0 saturated carbocycles. The van der Waals surface area contributed by atoms with Crippen molar-refractivity contribution in [3.8, 4) is 0 Å². The monoisotopic (exact) mass is 546 g/mol. The lowest BCUT2D eigenvalue weighted by Gasteiger charge is -2.46. The van der Waals surface area contributed by atoms with Gasteiger partial charge in [0.15, 0.2) is 0 Å². The topological polar surface area (TPSA) is 6.48 Å². The molecule has 0 saturated heterocycles. The van der Waals surface area contributed by atoms with E-state index in [0.717, 1.165) is 25.7 Å². The van der Waals surface area contributed by atoms with Crippen molar-refractivity contribution in [3.05, 3.63) is 125 Å². The molecule has 208 valence electrons. The van der Waals surface area contributed by atoms with Crippen molar-refractivity contribution >= 4 is 57.2 Å². The van der Waals surface area contributed by atoms with Gasteiger partial charge in [0.1, 0.15) is 0 Å². The van der Waals surface area contributed by atoms with Crippen LogP contribution >= 0.6 is 0 Å². The summed E-state index contributed by atoms with van der Waals surface area (Å²) in [4.78, 5) is 5.06. The predicted molar refractivity (Wildman–Crippen MR) is 183 cm³/mol. The second-order valence-electron chi connectivity index (χ2n) is 12.2. The van der Waals surface area contributed by atoms with Crippen LogP contribution in [0.15, 0.2) is 97.1 Å². The average Bonchev–Trinajstić information content (AvgIpc) is 2.98. The van der Waals surface area contributed by atoms with E-state index in [1.54, 1.807) is 0 Å².